The highest BCUT2D eigenvalue weighted by molar-refractivity contribution is 7.92. The Morgan fingerprint density at radius 1 is 1.14 bits per heavy atom. The van der Waals surface area contributed by atoms with E-state index in [9.17, 15) is 18.0 Å². The second-order valence-corrected chi connectivity index (χ2v) is 12.1. The molecular weight excluding hydrogens is 536 g/mol. The second kappa shape index (κ2) is 10.4. The third-order valence-corrected chi connectivity index (χ3v) is 9.57. The van der Waals surface area contributed by atoms with Crippen molar-refractivity contribution in [2.45, 2.75) is 43.6 Å². The summed E-state index contributed by atoms with van der Waals surface area (Å²) in [6.45, 7) is 1.71. The van der Waals surface area contributed by atoms with Crippen LogP contribution in [-0.4, -0.2) is 39.5 Å². The van der Waals surface area contributed by atoms with E-state index < -0.39 is 28.0 Å². The van der Waals surface area contributed by atoms with Gasteiger partial charge in [-0.3, -0.25) is 9.10 Å². The first kappa shape index (κ1) is 25.6. The molecule has 8 nitrogen and oxygen atoms in total. The molecule has 2 heterocycles. The van der Waals surface area contributed by atoms with Crippen LogP contribution in [0.2, 0.25) is 5.02 Å². The fourth-order valence-electron chi connectivity index (χ4n) is 4.57. The van der Waals surface area contributed by atoms with Gasteiger partial charge in [0, 0.05) is 9.90 Å². The van der Waals surface area contributed by atoms with Gasteiger partial charge in [-0.05, 0) is 74.6 Å². The number of hydrogen-bond donors (Lipinski definition) is 1. The molecule has 1 aliphatic heterocycles. The number of sulfonamides is 1. The summed E-state index contributed by atoms with van der Waals surface area (Å²) < 4.78 is 39.5. The Balaban J connectivity index is 1.46. The average molecular weight is 561 g/mol. The molecule has 5 rings (SSSR count). The average Bonchev–Trinajstić information content (AvgIpc) is 3.26. The summed E-state index contributed by atoms with van der Waals surface area (Å²) in [6, 6.07) is 12.5. The van der Waals surface area contributed by atoms with Gasteiger partial charge in [0.25, 0.3) is 15.9 Å². The fourth-order valence-corrected chi connectivity index (χ4v) is 7.45. The molecule has 1 N–H and O–H groups in total. The molecule has 0 radical (unpaired) electrons. The summed E-state index contributed by atoms with van der Waals surface area (Å²) in [5, 5.41) is 3.66. The number of carbonyl (C=O) groups is 2. The lowest BCUT2D eigenvalue weighted by atomic mass is 9.95. The van der Waals surface area contributed by atoms with Gasteiger partial charge in [0.05, 0.1) is 29.3 Å². The predicted octanol–water partition coefficient (Wildman–Crippen LogP) is 5.05. The number of halogens is 1. The Hall–Kier alpha value is -3.08. The van der Waals surface area contributed by atoms with Crippen molar-refractivity contribution in [2.75, 3.05) is 22.8 Å². The predicted molar refractivity (Wildman–Crippen MR) is 142 cm³/mol. The van der Waals surface area contributed by atoms with Crippen molar-refractivity contribution in [1.82, 2.24) is 0 Å². The SMILES string of the molecule is CCOC(=O)c1c(NC(=O)[C@H]2CN(S(=O)(=O)c3ccc(Cl)cc3)c3ccccc3O2)sc2c1CCCC2. The molecule has 0 bridgehead atoms. The zero-order valence-electron chi connectivity index (χ0n) is 20.0. The summed E-state index contributed by atoms with van der Waals surface area (Å²) in [4.78, 5) is 27.4. The van der Waals surface area contributed by atoms with E-state index in [4.69, 9.17) is 21.1 Å². The van der Waals surface area contributed by atoms with Gasteiger partial charge in [0.15, 0.2) is 6.10 Å². The van der Waals surface area contributed by atoms with E-state index in [0.29, 0.717) is 21.3 Å². The van der Waals surface area contributed by atoms with Crippen molar-refractivity contribution in [2.24, 2.45) is 0 Å². The minimum absolute atomic E-state index is 0.0447. The van der Waals surface area contributed by atoms with E-state index in [1.165, 1.54) is 39.9 Å². The van der Waals surface area contributed by atoms with Gasteiger partial charge in [-0.1, -0.05) is 23.7 Å². The van der Waals surface area contributed by atoms with E-state index >= 15 is 0 Å². The molecule has 0 saturated heterocycles. The molecule has 194 valence electrons. The first-order valence-corrected chi connectivity index (χ1v) is 14.6. The maximum atomic E-state index is 13.6. The molecule has 11 heteroatoms. The van der Waals surface area contributed by atoms with Gasteiger partial charge in [0.2, 0.25) is 0 Å². The van der Waals surface area contributed by atoms with Gasteiger partial charge in [-0.25, -0.2) is 13.2 Å². The third-order valence-electron chi connectivity index (χ3n) is 6.32. The molecule has 1 atom stereocenters. The van der Waals surface area contributed by atoms with Crippen LogP contribution >= 0.6 is 22.9 Å². The second-order valence-electron chi connectivity index (χ2n) is 8.69. The van der Waals surface area contributed by atoms with Crippen LogP contribution < -0.4 is 14.4 Å². The first-order chi connectivity index (χ1) is 17.8. The molecular formula is C26H25ClN2O6S2. The Morgan fingerprint density at radius 3 is 2.62 bits per heavy atom. The number of carbonyl (C=O) groups excluding carboxylic acids is 2. The number of ether oxygens (including phenoxy) is 2. The van der Waals surface area contributed by atoms with Crippen LogP contribution in [0.1, 0.15) is 40.6 Å². The lowest BCUT2D eigenvalue weighted by molar-refractivity contribution is -0.122. The zero-order valence-corrected chi connectivity index (χ0v) is 22.4. The van der Waals surface area contributed by atoms with Crippen molar-refractivity contribution >= 4 is 55.5 Å². The number of para-hydroxylation sites is 2. The molecule has 1 aromatic heterocycles. The summed E-state index contributed by atoms with van der Waals surface area (Å²) in [5.41, 5.74) is 1.64. The standard InChI is InChI=1S/C26H25ClN2O6S2/c1-2-34-26(31)23-18-7-3-6-10-22(18)36-25(23)28-24(30)21-15-29(19-8-4-5-9-20(19)35-21)37(32,33)17-13-11-16(27)12-14-17/h4-5,8-9,11-14,21H,2-3,6-7,10,15H2,1H3,(H,28,30)/t21-/m1/s1. The van der Waals surface area contributed by atoms with Crippen molar-refractivity contribution in [1.29, 1.82) is 0 Å². The number of benzene rings is 2. The van der Waals surface area contributed by atoms with Gasteiger partial charge in [0.1, 0.15) is 10.8 Å². The van der Waals surface area contributed by atoms with Crippen LogP contribution in [0.25, 0.3) is 0 Å². The molecule has 2 aliphatic rings. The highest BCUT2D eigenvalue weighted by atomic mass is 35.5. The molecule has 0 unspecified atom stereocenters. The highest BCUT2D eigenvalue weighted by Crippen LogP contribution is 2.40. The number of fused-ring (bicyclic) bond motifs is 2. The van der Waals surface area contributed by atoms with E-state index in [2.05, 4.69) is 5.32 Å². The number of thiophene rings is 1. The van der Waals surface area contributed by atoms with Crippen LogP contribution in [0.15, 0.2) is 53.4 Å². The maximum absolute atomic E-state index is 13.6. The number of nitrogens with one attached hydrogen (secondary N) is 1. The largest absolute Gasteiger partial charge is 0.476 e. The summed E-state index contributed by atoms with van der Waals surface area (Å²) in [5.74, 6) is -0.753. The van der Waals surface area contributed by atoms with Crippen LogP contribution in [0, 0.1) is 0 Å². The minimum Gasteiger partial charge on any atom is -0.476 e. The summed E-state index contributed by atoms with van der Waals surface area (Å²) in [7, 11) is -4.02. The fraction of sp³-hybridized carbons (Fsp3) is 0.308. The molecule has 3 aromatic rings. The summed E-state index contributed by atoms with van der Waals surface area (Å²) in [6.07, 6.45) is 2.41. The van der Waals surface area contributed by atoms with E-state index in [0.717, 1.165) is 36.1 Å². The number of anilines is 2. The molecule has 37 heavy (non-hydrogen) atoms. The number of hydrogen-bond acceptors (Lipinski definition) is 7. The first-order valence-electron chi connectivity index (χ1n) is 12.0. The van der Waals surface area contributed by atoms with Crippen LogP contribution in [0.3, 0.4) is 0 Å². The van der Waals surface area contributed by atoms with Gasteiger partial charge in [-0.15, -0.1) is 11.3 Å². The monoisotopic (exact) mass is 560 g/mol. The van der Waals surface area contributed by atoms with E-state index in [1.54, 1.807) is 31.2 Å². The number of aryl methyl sites for hydroxylation is 1. The molecule has 0 fully saturated rings. The lowest BCUT2D eigenvalue weighted by Gasteiger charge is -2.34. The topological polar surface area (TPSA) is 102 Å². The van der Waals surface area contributed by atoms with Crippen molar-refractivity contribution in [3.63, 3.8) is 0 Å². The Kier molecular flexibility index (Phi) is 7.15. The number of nitrogens with zero attached hydrogens (tertiary/aromatic N) is 1. The quantitative estimate of drug-likeness (QED) is 0.423. The highest BCUT2D eigenvalue weighted by Gasteiger charge is 2.38. The minimum atomic E-state index is -4.02. The number of rotatable bonds is 6. The van der Waals surface area contributed by atoms with Crippen molar-refractivity contribution < 1.29 is 27.5 Å². The van der Waals surface area contributed by atoms with Crippen LogP contribution in [0.4, 0.5) is 10.7 Å². The van der Waals surface area contributed by atoms with Gasteiger partial charge in [-0.2, -0.15) is 0 Å². The Morgan fingerprint density at radius 2 is 1.86 bits per heavy atom. The van der Waals surface area contributed by atoms with Crippen molar-refractivity contribution in [3.8, 4) is 5.75 Å². The van der Waals surface area contributed by atoms with Gasteiger partial charge < -0.3 is 14.8 Å². The van der Waals surface area contributed by atoms with E-state index in [-0.39, 0.29) is 23.8 Å². The Labute approximate surface area is 224 Å². The van der Waals surface area contributed by atoms with Crippen LogP contribution in [-0.2, 0) is 32.4 Å². The molecule has 1 aliphatic carbocycles. The van der Waals surface area contributed by atoms with Crippen molar-refractivity contribution in [3.05, 3.63) is 69.6 Å². The summed E-state index contributed by atoms with van der Waals surface area (Å²) >= 11 is 7.32. The smallest absolute Gasteiger partial charge is 0.341 e. The molecule has 2 aromatic carbocycles. The Bertz CT molecular complexity index is 1450. The van der Waals surface area contributed by atoms with Gasteiger partial charge >= 0.3 is 5.97 Å². The maximum Gasteiger partial charge on any atom is 0.341 e. The molecule has 0 spiro atoms. The zero-order chi connectivity index (χ0) is 26.2. The third kappa shape index (κ3) is 4.93. The normalized spacial score (nSPS) is 16.8. The number of amides is 1. The van der Waals surface area contributed by atoms with E-state index in [1.807, 2.05) is 0 Å². The van der Waals surface area contributed by atoms with Crippen LogP contribution in [0.5, 0.6) is 5.75 Å². The molecule has 1 amide bonds. The lowest BCUT2D eigenvalue weighted by Crippen LogP contribution is -2.48. The number of esters is 1. The molecule has 0 saturated carbocycles.